The minimum absolute atomic E-state index is 0.0952. The maximum atomic E-state index is 6.65. The highest BCUT2D eigenvalue weighted by Gasteiger charge is 2.53. The molecular formula is C20H32N2. The zero-order chi connectivity index (χ0) is 16.3. The van der Waals surface area contributed by atoms with Crippen molar-refractivity contribution in [2.75, 3.05) is 5.01 Å². The van der Waals surface area contributed by atoms with Gasteiger partial charge >= 0.3 is 0 Å². The number of hydrogen-bond donors (Lipinski definition) is 1. The van der Waals surface area contributed by atoms with Gasteiger partial charge in [-0.3, -0.25) is 0 Å². The average molecular weight is 300 g/mol. The van der Waals surface area contributed by atoms with Crippen LogP contribution in [0.4, 0.5) is 5.69 Å². The van der Waals surface area contributed by atoms with Crippen molar-refractivity contribution >= 4 is 5.69 Å². The molecule has 2 nitrogen and oxygen atoms in total. The lowest BCUT2D eigenvalue weighted by atomic mass is 9.56. The molecule has 1 aliphatic carbocycles. The van der Waals surface area contributed by atoms with Gasteiger partial charge in [-0.15, -0.1) is 0 Å². The lowest BCUT2D eigenvalue weighted by Crippen LogP contribution is -2.64. The molecule has 2 N–H and O–H groups in total. The van der Waals surface area contributed by atoms with Crippen LogP contribution in [0.25, 0.3) is 0 Å². The van der Waals surface area contributed by atoms with Crippen LogP contribution < -0.4 is 10.9 Å². The first kappa shape index (κ1) is 15.9. The SMILES string of the molecule is CC(C)(C)c1ccc2c(c1)C(C)(C)C1CCCCC1(C)N2N. The Morgan fingerprint density at radius 1 is 1.14 bits per heavy atom. The molecule has 2 atom stereocenters. The monoisotopic (exact) mass is 300 g/mol. The van der Waals surface area contributed by atoms with Crippen molar-refractivity contribution in [3.05, 3.63) is 29.3 Å². The minimum Gasteiger partial charge on any atom is -0.305 e. The molecule has 22 heavy (non-hydrogen) atoms. The number of fused-ring (bicyclic) bond motifs is 2. The summed E-state index contributed by atoms with van der Waals surface area (Å²) in [6.45, 7) is 14.1. The van der Waals surface area contributed by atoms with E-state index >= 15 is 0 Å². The molecule has 0 radical (unpaired) electrons. The van der Waals surface area contributed by atoms with E-state index in [1.807, 2.05) is 0 Å². The molecule has 1 heterocycles. The number of rotatable bonds is 0. The van der Waals surface area contributed by atoms with Crippen molar-refractivity contribution in [2.45, 2.75) is 83.6 Å². The Balaban J connectivity index is 2.19. The molecule has 1 aromatic carbocycles. The number of hydrazine groups is 1. The van der Waals surface area contributed by atoms with Crippen LogP contribution >= 0.6 is 0 Å². The van der Waals surface area contributed by atoms with Gasteiger partial charge in [0.15, 0.2) is 0 Å². The highest BCUT2D eigenvalue weighted by molar-refractivity contribution is 5.62. The number of hydrogen-bond acceptors (Lipinski definition) is 2. The third-order valence-electron chi connectivity index (χ3n) is 6.41. The van der Waals surface area contributed by atoms with E-state index < -0.39 is 0 Å². The maximum absolute atomic E-state index is 6.65. The second-order valence-corrected chi connectivity index (χ2v) is 9.23. The van der Waals surface area contributed by atoms with E-state index in [4.69, 9.17) is 5.84 Å². The molecule has 122 valence electrons. The second-order valence-electron chi connectivity index (χ2n) is 9.23. The standard InChI is InChI=1S/C20H32N2/c1-18(2,3)14-10-11-16-15(13-14)19(4,5)17-9-7-8-12-20(17,6)22(16)21/h10-11,13,17H,7-9,12,21H2,1-6H3. The van der Waals surface area contributed by atoms with E-state index in [9.17, 15) is 0 Å². The zero-order valence-corrected chi connectivity index (χ0v) is 15.2. The molecule has 1 saturated carbocycles. The van der Waals surface area contributed by atoms with E-state index in [1.54, 1.807) is 0 Å². The van der Waals surface area contributed by atoms with Crippen molar-refractivity contribution in [1.29, 1.82) is 0 Å². The van der Waals surface area contributed by atoms with Gasteiger partial charge in [0.05, 0.1) is 11.2 Å². The van der Waals surface area contributed by atoms with Crippen molar-refractivity contribution in [3.8, 4) is 0 Å². The first-order valence-electron chi connectivity index (χ1n) is 8.78. The van der Waals surface area contributed by atoms with Crippen LogP contribution in [-0.4, -0.2) is 5.54 Å². The molecule has 0 spiro atoms. The van der Waals surface area contributed by atoms with Gasteiger partial charge in [0.25, 0.3) is 0 Å². The van der Waals surface area contributed by atoms with Gasteiger partial charge in [0.2, 0.25) is 0 Å². The van der Waals surface area contributed by atoms with Gasteiger partial charge in [0, 0.05) is 0 Å². The van der Waals surface area contributed by atoms with Gasteiger partial charge < -0.3 is 5.01 Å². The Morgan fingerprint density at radius 3 is 2.45 bits per heavy atom. The Morgan fingerprint density at radius 2 is 1.82 bits per heavy atom. The van der Waals surface area contributed by atoms with E-state index in [0.717, 1.165) is 0 Å². The lowest BCUT2D eigenvalue weighted by molar-refractivity contribution is 0.108. The van der Waals surface area contributed by atoms with Crippen LogP contribution in [0.5, 0.6) is 0 Å². The summed E-state index contributed by atoms with van der Waals surface area (Å²) in [5.74, 6) is 7.28. The molecule has 0 bridgehead atoms. The van der Waals surface area contributed by atoms with Crippen LogP contribution in [0.2, 0.25) is 0 Å². The van der Waals surface area contributed by atoms with Gasteiger partial charge in [-0.05, 0) is 53.7 Å². The van der Waals surface area contributed by atoms with E-state index in [1.165, 1.54) is 42.5 Å². The molecule has 2 unspecified atom stereocenters. The van der Waals surface area contributed by atoms with Crippen molar-refractivity contribution in [1.82, 2.24) is 0 Å². The van der Waals surface area contributed by atoms with Gasteiger partial charge in [-0.1, -0.05) is 59.6 Å². The number of benzene rings is 1. The van der Waals surface area contributed by atoms with Crippen molar-refractivity contribution < 1.29 is 0 Å². The summed E-state index contributed by atoms with van der Waals surface area (Å²) in [4.78, 5) is 0. The van der Waals surface area contributed by atoms with Crippen molar-refractivity contribution in [2.24, 2.45) is 11.8 Å². The van der Waals surface area contributed by atoms with Gasteiger partial charge in [-0.25, -0.2) is 5.84 Å². The summed E-state index contributed by atoms with van der Waals surface area (Å²) in [5.41, 5.74) is 4.54. The molecule has 1 aromatic rings. The molecule has 1 aliphatic heterocycles. The first-order valence-corrected chi connectivity index (χ1v) is 8.78. The van der Waals surface area contributed by atoms with E-state index in [2.05, 4.69) is 64.8 Å². The minimum atomic E-state index is 0.0952. The van der Waals surface area contributed by atoms with Crippen LogP contribution in [-0.2, 0) is 10.8 Å². The first-order chi connectivity index (χ1) is 10.1. The summed E-state index contributed by atoms with van der Waals surface area (Å²) < 4.78 is 0. The van der Waals surface area contributed by atoms with Crippen LogP contribution in [0, 0.1) is 5.92 Å². The molecule has 0 aromatic heterocycles. The van der Waals surface area contributed by atoms with Crippen LogP contribution in [0.1, 0.15) is 78.4 Å². The fraction of sp³-hybridized carbons (Fsp3) is 0.700. The van der Waals surface area contributed by atoms with Gasteiger partial charge in [-0.2, -0.15) is 0 Å². The molecule has 0 saturated heterocycles. The molecule has 2 aliphatic rings. The van der Waals surface area contributed by atoms with Gasteiger partial charge in [0.1, 0.15) is 0 Å². The number of nitrogens with two attached hydrogens (primary N) is 1. The lowest BCUT2D eigenvalue weighted by Gasteiger charge is -2.58. The van der Waals surface area contributed by atoms with Crippen LogP contribution in [0.3, 0.4) is 0 Å². The zero-order valence-electron chi connectivity index (χ0n) is 15.2. The van der Waals surface area contributed by atoms with E-state index in [-0.39, 0.29) is 16.4 Å². The summed E-state index contributed by atoms with van der Waals surface area (Å²) >= 11 is 0. The quantitative estimate of drug-likeness (QED) is 0.690. The normalized spacial score (nSPS) is 30.7. The topological polar surface area (TPSA) is 29.3 Å². The third kappa shape index (κ3) is 2.11. The van der Waals surface area contributed by atoms with E-state index in [0.29, 0.717) is 5.92 Å². The second kappa shape index (κ2) is 4.74. The third-order valence-corrected chi connectivity index (χ3v) is 6.41. The maximum Gasteiger partial charge on any atom is 0.0569 e. The Kier molecular flexibility index (Phi) is 3.41. The highest BCUT2D eigenvalue weighted by atomic mass is 15.5. The fourth-order valence-corrected chi connectivity index (χ4v) is 4.93. The number of nitrogens with zero attached hydrogens (tertiary/aromatic N) is 1. The average Bonchev–Trinajstić information content (AvgIpc) is 2.44. The largest absolute Gasteiger partial charge is 0.305 e. The molecule has 0 amide bonds. The Hall–Kier alpha value is -1.02. The molecule has 1 fully saturated rings. The van der Waals surface area contributed by atoms with Crippen LogP contribution in [0.15, 0.2) is 18.2 Å². The summed E-state index contributed by atoms with van der Waals surface area (Å²) in [5, 5.41) is 2.10. The fourth-order valence-electron chi connectivity index (χ4n) is 4.93. The Labute approximate surface area is 136 Å². The predicted octanol–water partition coefficient (Wildman–Crippen LogP) is 4.90. The summed E-state index contributed by atoms with van der Waals surface area (Å²) in [7, 11) is 0. The number of anilines is 1. The smallest absolute Gasteiger partial charge is 0.0569 e. The highest BCUT2D eigenvalue weighted by Crippen LogP contribution is 2.55. The van der Waals surface area contributed by atoms with Crippen molar-refractivity contribution in [3.63, 3.8) is 0 Å². The predicted molar refractivity (Wildman–Crippen MR) is 95.2 cm³/mol. The molecule has 3 rings (SSSR count). The summed E-state index contributed by atoms with van der Waals surface area (Å²) in [6.07, 6.45) is 5.13. The molecular weight excluding hydrogens is 268 g/mol. The molecule has 2 heteroatoms. The summed E-state index contributed by atoms with van der Waals surface area (Å²) in [6, 6.07) is 6.94. The Bertz CT molecular complexity index is 582.